The number of nitrogens with one attached hydrogen (secondary N) is 1. The molecule has 0 fully saturated rings. The second kappa shape index (κ2) is 5.01. The highest BCUT2D eigenvalue weighted by molar-refractivity contribution is 6.33. The van der Waals surface area contributed by atoms with Crippen molar-refractivity contribution in [3.05, 3.63) is 57.2 Å². The van der Waals surface area contributed by atoms with Crippen molar-refractivity contribution in [2.45, 2.75) is 6.92 Å². The number of benzene rings is 1. The molecule has 1 aromatic carbocycles. The highest BCUT2D eigenvalue weighted by Gasteiger charge is 2.14. The number of rotatable bonds is 3. The van der Waals surface area contributed by atoms with Crippen LogP contribution >= 0.6 is 11.6 Å². The van der Waals surface area contributed by atoms with E-state index in [0.29, 0.717) is 10.7 Å². The van der Waals surface area contributed by atoms with Crippen LogP contribution in [-0.4, -0.2) is 9.91 Å². The number of hydrogen-bond acceptors (Lipinski definition) is 4. The number of halogens is 1. The lowest BCUT2D eigenvalue weighted by molar-refractivity contribution is -0.384. The molecule has 5 nitrogen and oxygen atoms in total. The maximum Gasteiger partial charge on any atom is 0.311 e. The second-order valence-corrected chi connectivity index (χ2v) is 4.14. The average Bonchev–Trinajstić information content (AvgIpc) is 2.33. The summed E-state index contributed by atoms with van der Waals surface area (Å²) in [7, 11) is 0. The highest BCUT2D eigenvalue weighted by Crippen LogP contribution is 2.29. The van der Waals surface area contributed by atoms with E-state index in [0.717, 1.165) is 5.56 Å². The summed E-state index contributed by atoms with van der Waals surface area (Å²) < 4.78 is 0. The predicted molar refractivity (Wildman–Crippen MR) is 70.4 cm³/mol. The van der Waals surface area contributed by atoms with Gasteiger partial charge in [0.2, 0.25) is 5.82 Å². The number of aryl methyl sites for hydroxylation is 1. The van der Waals surface area contributed by atoms with Gasteiger partial charge in [0.05, 0.1) is 15.6 Å². The van der Waals surface area contributed by atoms with Crippen molar-refractivity contribution in [2.75, 3.05) is 5.32 Å². The Labute approximate surface area is 109 Å². The molecule has 18 heavy (non-hydrogen) atoms. The van der Waals surface area contributed by atoms with Gasteiger partial charge in [-0.3, -0.25) is 10.1 Å². The van der Waals surface area contributed by atoms with E-state index in [9.17, 15) is 10.1 Å². The molecular weight excluding hydrogens is 254 g/mol. The summed E-state index contributed by atoms with van der Waals surface area (Å²) in [6, 6.07) is 8.30. The summed E-state index contributed by atoms with van der Waals surface area (Å²) in [6.45, 7) is 1.92. The smallest absolute Gasteiger partial charge is 0.311 e. The van der Waals surface area contributed by atoms with Gasteiger partial charge in [-0.15, -0.1) is 0 Å². The standard InChI is InChI=1S/C12H10ClN3O2/c1-8-4-5-10(9(13)7-8)15-12-11(16(17)18)3-2-6-14-12/h2-7H,1H3,(H,14,15). The van der Waals surface area contributed by atoms with Gasteiger partial charge in [0.15, 0.2) is 0 Å². The van der Waals surface area contributed by atoms with E-state index in [-0.39, 0.29) is 11.5 Å². The van der Waals surface area contributed by atoms with Gasteiger partial charge < -0.3 is 5.32 Å². The van der Waals surface area contributed by atoms with Gasteiger partial charge in [-0.05, 0) is 30.7 Å². The molecular formula is C12H10ClN3O2. The van der Waals surface area contributed by atoms with Gasteiger partial charge in [0.25, 0.3) is 0 Å². The molecule has 0 amide bonds. The van der Waals surface area contributed by atoms with E-state index in [4.69, 9.17) is 11.6 Å². The molecule has 0 radical (unpaired) electrons. The lowest BCUT2D eigenvalue weighted by atomic mass is 10.2. The topological polar surface area (TPSA) is 68.1 Å². The van der Waals surface area contributed by atoms with Crippen molar-refractivity contribution in [1.29, 1.82) is 0 Å². The zero-order valence-corrected chi connectivity index (χ0v) is 10.3. The van der Waals surface area contributed by atoms with Crippen LogP contribution in [0.15, 0.2) is 36.5 Å². The fourth-order valence-electron chi connectivity index (χ4n) is 1.49. The molecule has 2 rings (SSSR count). The van der Waals surface area contributed by atoms with Crippen molar-refractivity contribution < 1.29 is 4.92 Å². The number of aromatic nitrogens is 1. The summed E-state index contributed by atoms with van der Waals surface area (Å²) in [5, 5.41) is 14.2. The fraction of sp³-hybridized carbons (Fsp3) is 0.0833. The summed E-state index contributed by atoms with van der Waals surface area (Å²) >= 11 is 6.05. The Kier molecular flexibility index (Phi) is 3.43. The van der Waals surface area contributed by atoms with Gasteiger partial charge in [-0.2, -0.15) is 0 Å². The van der Waals surface area contributed by atoms with Gasteiger partial charge in [-0.25, -0.2) is 4.98 Å². The van der Waals surface area contributed by atoms with E-state index in [1.54, 1.807) is 12.1 Å². The lowest BCUT2D eigenvalue weighted by Gasteiger charge is -2.08. The Morgan fingerprint density at radius 1 is 1.39 bits per heavy atom. The SMILES string of the molecule is Cc1ccc(Nc2ncccc2[N+](=O)[O-])c(Cl)c1. The Bertz CT molecular complexity index is 602. The van der Waals surface area contributed by atoms with Crippen LogP contribution in [0.4, 0.5) is 17.2 Å². The molecule has 0 unspecified atom stereocenters. The lowest BCUT2D eigenvalue weighted by Crippen LogP contribution is -1.99. The first kappa shape index (κ1) is 12.3. The van der Waals surface area contributed by atoms with Gasteiger partial charge in [-0.1, -0.05) is 17.7 Å². The minimum absolute atomic E-state index is 0.0888. The molecule has 2 aromatic rings. The summed E-state index contributed by atoms with van der Waals surface area (Å²) in [4.78, 5) is 14.3. The van der Waals surface area contributed by atoms with Crippen LogP contribution in [0.5, 0.6) is 0 Å². The monoisotopic (exact) mass is 263 g/mol. The number of pyridine rings is 1. The van der Waals surface area contributed by atoms with E-state index >= 15 is 0 Å². The quantitative estimate of drug-likeness (QED) is 0.677. The molecule has 1 N–H and O–H groups in total. The van der Waals surface area contributed by atoms with Crippen molar-refractivity contribution in [3.63, 3.8) is 0 Å². The first-order valence-electron chi connectivity index (χ1n) is 5.20. The van der Waals surface area contributed by atoms with Crippen LogP contribution in [-0.2, 0) is 0 Å². The Morgan fingerprint density at radius 3 is 2.83 bits per heavy atom. The maximum absolute atomic E-state index is 10.8. The first-order chi connectivity index (χ1) is 8.58. The van der Waals surface area contributed by atoms with E-state index in [1.807, 2.05) is 13.0 Å². The fourth-order valence-corrected chi connectivity index (χ4v) is 1.77. The largest absolute Gasteiger partial charge is 0.333 e. The van der Waals surface area contributed by atoms with Gasteiger partial charge in [0.1, 0.15) is 0 Å². The van der Waals surface area contributed by atoms with Crippen molar-refractivity contribution in [1.82, 2.24) is 4.98 Å². The third kappa shape index (κ3) is 2.57. The maximum atomic E-state index is 10.8. The molecule has 0 spiro atoms. The van der Waals surface area contributed by atoms with Crippen molar-refractivity contribution >= 4 is 28.8 Å². The number of anilines is 2. The van der Waals surface area contributed by atoms with Crippen LogP contribution in [0.1, 0.15) is 5.56 Å². The van der Waals surface area contributed by atoms with Crippen LogP contribution in [0, 0.1) is 17.0 Å². The van der Waals surface area contributed by atoms with E-state index in [1.165, 1.54) is 18.3 Å². The third-order valence-electron chi connectivity index (χ3n) is 2.36. The molecule has 0 saturated carbocycles. The molecule has 0 aliphatic heterocycles. The normalized spacial score (nSPS) is 10.1. The van der Waals surface area contributed by atoms with E-state index < -0.39 is 4.92 Å². The molecule has 92 valence electrons. The Hall–Kier alpha value is -2.14. The molecule has 6 heteroatoms. The number of nitrogens with zero attached hydrogens (tertiary/aromatic N) is 2. The highest BCUT2D eigenvalue weighted by atomic mass is 35.5. The minimum atomic E-state index is -0.489. The average molecular weight is 264 g/mol. The Balaban J connectivity index is 2.37. The summed E-state index contributed by atoms with van der Waals surface area (Å²) in [5.41, 5.74) is 1.51. The van der Waals surface area contributed by atoms with Crippen LogP contribution in [0.3, 0.4) is 0 Å². The van der Waals surface area contributed by atoms with Crippen molar-refractivity contribution in [2.24, 2.45) is 0 Å². The van der Waals surface area contributed by atoms with Crippen LogP contribution in [0.2, 0.25) is 5.02 Å². The molecule has 1 aromatic heterocycles. The minimum Gasteiger partial charge on any atom is -0.333 e. The van der Waals surface area contributed by atoms with Crippen LogP contribution < -0.4 is 5.32 Å². The molecule has 0 saturated heterocycles. The molecule has 0 bridgehead atoms. The molecule has 0 aliphatic rings. The third-order valence-corrected chi connectivity index (χ3v) is 2.67. The number of hydrogen-bond donors (Lipinski definition) is 1. The predicted octanol–water partition coefficient (Wildman–Crippen LogP) is 3.70. The Morgan fingerprint density at radius 2 is 2.17 bits per heavy atom. The zero-order valence-electron chi connectivity index (χ0n) is 9.55. The molecule has 0 atom stereocenters. The summed E-state index contributed by atoms with van der Waals surface area (Å²) in [5.74, 6) is 0.174. The first-order valence-corrected chi connectivity index (χ1v) is 5.58. The van der Waals surface area contributed by atoms with Crippen molar-refractivity contribution in [3.8, 4) is 0 Å². The number of nitro groups is 1. The van der Waals surface area contributed by atoms with Crippen LogP contribution in [0.25, 0.3) is 0 Å². The van der Waals surface area contributed by atoms with Gasteiger partial charge >= 0.3 is 5.69 Å². The van der Waals surface area contributed by atoms with E-state index in [2.05, 4.69) is 10.3 Å². The summed E-state index contributed by atoms with van der Waals surface area (Å²) in [6.07, 6.45) is 1.48. The zero-order chi connectivity index (χ0) is 13.1. The second-order valence-electron chi connectivity index (χ2n) is 3.74. The van der Waals surface area contributed by atoms with Gasteiger partial charge in [0, 0.05) is 12.3 Å². The molecule has 0 aliphatic carbocycles. The molecule has 1 heterocycles.